The van der Waals surface area contributed by atoms with Crippen LogP contribution >= 0.6 is 27.5 Å². The molecule has 0 fully saturated rings. The van der Waals surface area contributed by atoms with E-state index in [-0.39, 0.29) is 0 Å². The van der Waals surface area contributed by atoms with Crippen molar-refractivity contribution in [3.05, 3.63) is 57.0 Å². The molecule has 100 valence electrons. The molecule has 0 spiro atoms. The second kappa shape index (κ2) is 6.42. The Morgan fingerprint density at radius 3 is 2.74 bits per heavy atom. The van der Waals surface area contributed by atoms with Crippen molar-refractivity contribution in [1.29, 1.82) is 0 Å². The van der Waals surface area contributed by atoms with Gasteiger partial charge in [-0.25, -0.2) is 0 Å². The van der Waals surface area contributed by atoms with Crippen LogP contribution in [0.1, 0.15) is 11.1 Å². The van der Waals surface area contributed by atoms with Gasteiger partial charge >= 0.3 is 0 Å². The van der Waals surface area contributed by atoms with Crippen LogP contribution in [0.3, 0.4) is 0 Å². The van der Waals surface area contributed by atoms with Crippen molar-refractivity contribution in [1.82, 2.24) is 5.32 Å². The average Bonchev–Trinajstić information content (AvgIpc) is 2.36. The maximum Gasteiger partial charge on any atom is 0.150 e. The van der Waals surface area contributed by atoms with Crippen LogP contribution in [0.5, 0.6) is 11.5 Å². The van der Waals surface area contributed by atoms with Crippen LogP contribution in [-0.4, -0.2) is 7.05 Å². The Kier molecular flexibility index (Phi) is 4.86. The number of ether oxygens (including phenoxy) is 1. The highest BCUT2D eigenvalue weighted by Gasteiger charge is 2.11. The predicted octanol–water partition coefficient (Wildman–Crippen LogP) is 4.92. The van der Waals surface area contributed by atoms with Crippen LogP contribution in [0.15, 0.2) is 40.9 Å². The van der Waals surface area contributed by atoms with Crippen molar-refractivity contribution >= 4 is 27.5 Å². The van der Waals surface area contributed by atoms with Gasteiger partial charge in [-0.1, -0.05) is 29.8 Å². The molecule has 0 amide bonds. The van der Waals surface area contributed by atoms with Gasteiger partial charge in [0.15, 0.2) is 5.75 Å². The molecular weight excluding hydrogens is 326 g/mol. The molecule has 0 unspecified atom stereocenters. The van der Waals surface area contributed by atoms with Gasteiger partial charge in [-0.15, -0.1) is 0 Å². The summed E-state index contributed by atoms with van der Waals surface area (Å²) in [4.78, 5) is 0. The van der Waals surface area contributed by atoms with E-state index in [0.717, 1.165) is 15.8 Å². The number of benzene rings is 2. The molecule has 0 aromatic heterocycles. The molecule has 0 atom stereocenters. The lowest BCUT2D eigenvalue weighted by Gasteiger charge is -2.14. The van der Waals surface area contributed by atoms with Crippen LogP contribution in [0.4, 0.5) is 0 Å². The Morgan fingerprint density at radius 2 is 2.05 bits per heavy atom. The van der Waals surface area contributed by atoms with Gasteiger partial charge in [0.05, 0.1) is 9.50 Å². The quantitative estimate of drug-likeness (QED) is 0.852. The summed E-state index contributed by atoms with van der Waals surface area (Å²) in [5.74, 6) is 1.46. The van der Waals surface area contributed by atoms with Crippen molar-refractivity contribution < 1.29 is 4.74 Å². The SMILES string of the molecule is CNCc1cccc(Cl)c1Oc1ccc(C)cc1Br. The number of halogens is 2. The van der Waals surface area contributed by atoms with Crippen molar-refractivity contribution in [3.8, 4) is 11.5 Å². The van der Waals surface area contributed by atoms with Crippen molar-refractivity contribution in [2.24, 2.45) is 0 Å². The Bertz CT molecular complexity index is 586. The fourth-order valence-corrected chi connectivity index (χ4v) is 2.60. The van der Waals surface area contributed by atoms with Crippen molar-refractivity contribution in [2.75, 3.05) is 7.05 Å². The standard InChI is InChI=1S/C15H15BrClNO/c1-10-6-7-14(12(16)8-10)19-15-11(9-18-2)4-3-5-13(15)17/h3-8,18H,9H2,1-2H3. The van der Waals surface area contributed by atoms with Gasteiger partial charge in [-0.05, 0) is 53.7 Å². The molecule has 0 heterocycles. The Labute approximate surface area is 126 Å². The lowest BCUT2D eigenvalue weighted by molar-refractivity contribution is 0.471. The first-order valence-corrected chi connectivity index (χ1v) is 7.15. The smallest absolute Gasteiger partial charge is 0.150 e. The number of hydrogen-bond acceptors (Lipinski definition) is 2. The summed E-state index contributed by atoms with van der Waals surface area (Å²) < 4.78 is 6.88. The van der Waals surface area contributed by atoms with E-state index in [9.17, 15) is 0 Å². The first kappa shape index (κ1) is 14.4. The topological polar surface area (TPSA) is 21.3 Å². The number of rotatable bonds is 4. The lowest BCUT2D eigenvalue weighted by atomic mass is 10.2. The Morgan fingerprint density at radius 1 is 1.26 bits per heavy atom. The van der Waals surface area contributed by atoms with Crippen LogP contribution in [0.2, 0.25) is 5.02 Å². The van der Waals surface area contributed by atoms with Gasteiger partial charge in [0, 0.05) is 12.1 Å². The zero-order valence-corrected chi connectivity index (χ0v) is 13.2. The van der Waals surface area contributed by atoms with Gasteiger partial charge in [0.1, 0.15) is 5.75 Å². The zero-order chi connectivity index (χ0) is 13.8. The minimum Gasteiger partial charge on any atom is -0.454 e. The monoisotopic (exact) mass is 339 g/mol. The lowest BCUT2D eigenvalue weighted by Crippen LogP contribution is -2.06. The normalized spacial score (nSPS) is 10.5. The third-order valence-electron chi connectivity index (χ3n) is 2.72. The molecule has 0 radical (unpaired) electrons. The summed E-state index contributed by atoms with van der Waals surface area (Å²) in [5, 5.41) is 3.72. The van der Waals surface area contributed by atoms with E-state index in [1.54, 1.807) is 0 Å². The molecule has 2 aromatic carbocycles. The molecule has 0 aliphatic rings. The average molecular weight is 341 g/mol. The number of nitrogens with one attached hydrogen (secondary N) is 1. The highest BCUT2D eigenvalue weighted by molar-refractivity contribution is 9.10. The van der Waals surface area contributed by atoms with E-state index in [2.05, 4.69) is 21.2 Å². The first-order chi connectivity index (χ1) is 9.11. The minimum atomic E-state index is 0.611. The van der Waals surface area contributed by atoms with E-state index in [1.807, 2.05) is 50.4 Å². The summed E-state index contributed by atoms with van der Waals surface area (Å²) in [6.07, 6.45) is 0. The fourth-order valence-electron chi connectivity index (χ4n) is 1.80. The molecule has 0 bridgehead atoms. The van der Waals surface area contributed by atoms with Crippen molar-refractivity contribution in [2.45, 2.75) is 13.5 Å². The molecule has 4 heteroatoms. The van der Waals surface area contributed by atoms with E-state index in [0.29, 0.717) is 17.3 Å². The molecule has 0 saturated heterocycles. The number of hydrogen-bond donors (Lipinski definition) is 1. The van der Waals surface area contributed by atoms with Gasteiger partial charge in [0.2, 0.25) is 0 Å². The van der Waals surface area contributed by atoms with E-state index in [1.165, 1.54) is 5.56 Å². The first-order valence-electron chi connectivity index (χ1n) is 5.98. The second-order valence-electron chi connectivity index (χ2n) is 4.29. The fraction of sp³-hybridized carbons (Fsp3) is 0.200. The second-order valence-corrected chi connectivity index (χ2v) is 5.56. The van der Waals surface area contributed by atoms with Crippen LogP contribution in [0, 0.1) is 6.92 Å². The van der Waals surface area contributed by atoms with E-state index in [4.69, 9.17) is 16.3 Å². The molecule has 2 rings (SSSR count). The number of para-hydroxylation sites is 1. The van der Waals surface area contributed by atoms with Gasteiger partial charge in [0.25, 0.3) is 0 Å². The highest BCUT2D eigenvalue weighted by Crippen LogP contribution is 2.36. The maximum atomic E-state index is 6.23. The Hall–Kier alpha value is -1.03. The third kappa shape index (κ3) is 3.50. The summed E-state index contributed by atoms with van der Waals surface area (Å²) in [7, 11) is 1.90. The minimum absolute atomic E-state index is 0.611. The third-order valence-corrected chi connectivity index (χ3v) is 3.63. The molecule has 0 aliphatic carbocycles. The summed E-state index contributed by atoms with van der Waals surface area (Å²) in [6, 6.07) is 11.7. The number of aryl methyl sites for hydroxylation is 1. The van der Waals surface area contributed by atoms with Crippen molar-refractivity contribution in [3.63, 3.8) is 0 Å². The largest absolute Gasteiger partial charge is 0.454 e. The molecule has 0 saturated carbocycles. The van der Waals surface area contributed by atoms with Gasteiger partial charge in [-0.3, -0.25) is 0 Å². The summed E-state index contributed by atoms with van der Waals surface area (Å²) >= 11 is 9.74. The predicted molar refractivity (Wildman–Crippen MR) is 83.2 cm³/mol. The van der Waals surface area contributed by atoms with Crippen LogP contribution < -0.4 is 10.1 Å². The zero-order valence-electron chi connectivity index (χ0n) is 10.8. The molecule has 19 heavy (non-hydrogen) atoms. The van der Waals surface area contributed by atoms with Gasteiger partial charge < -0.3 is 10.1 Å². The van der Waals surface area contributed by atoms with Crippen LogP contribution in [0.25, 0.3) is 0 Å². The molecular formula is C15H15BrClNO. The molecule has 1 N–H and O–H groups in total. The molecule has 2 aromatic rings. The van der Waals surface area contributed by atoms with E-state index < -0.39 is 0 Å². The van der Waals surface area contributed by atoms with Gasteiger partial charge in [-0.2, -0.15) is 0 Å². The summed E-state index contributed by atoms with van der Waals surface area (Å²) in [5.41, 5.74) is 2.20. The Balaban J connectivity index is 2.37. The van der Waals surface area contributed by atoms with E-state index >= 15 is 0 Å². The highest BCUT2D eigenvalue weighted by atomic mass is 79.9. The molecule has 0 aliphatic heterocycles. The van der Waals surface area contributed by atoms with Crippen LogP contribution in [-0.2, 0) is 6.54 Å². The summed E-state index contributed by atoms with van der Waals surface area (Å²) in [6.45, 7) is 2.75. The maximum absolute atomic E-state index is 6.23. The molecule has 2 nitrogen and oxygen atoms in total.